The highest BCUT2D eigenvalue weighted by molar-refractivity contribution is 5.84. The zero-order valence-electron chi connectivity index (χ0n) is 11.5. The first-order valence-corrected chi connectivity index (χ1v) is 7.10. The molecule has 96 valence electrons. The van der Waals surface area contributed by atoms with Gasteiger partial charge in [0.1, 0.15) is 0 Å². The lowest BCUT2D eigenvalue weighted by Crippen LogP contribution is -1.96. The van der Waals surface area contributed by atoms with Crippen molar-refractivity contribution >= 4 is 10.8 Å². The molecule has 1 aliphatic rings. The first-order chi connectivity index (χ1) is 9.28. The van der Waals surface area contributed by atoms with Crippen molar-refractivity contribution in [3.63, 3.8) is 0 Å². The average molecular weight is 248 g/mol. The van der Waals surface area contributed by atoms with Crippen LogP contribution in [0.2, 0.25) is 0 Å². The summed E-state index contributed by atoms with van der Waals surface area (Å²) < 4.78 is 0. The van der Waals surface area contributed by atoms with Crippen LogP contribution in [-0.2, 0) is 6.42 Å². The third-order valence-corrected chi connectivity index (χ3v) is 4.18. The molecule has 0 fully saturated rings. The van der Waals surface area contributed by atoms with E-state index in [4.69, 9.17) is 0 Å². The molecule has 0 heteroatoms. The number of allylic oxidation sites excluding steroid dienone is 3. The topological polar surface area (TPSA) is 0 Å². The van der Waals surface area contributed by atoms with Gasteiger partial charge in [-0.2, -0.15) is 0 Å². The SMILES string of the molecule is C=C/C=C1/CCc2cc3ccccc3cc2C(C)C1. The lowest BCUT2D eigenvalue weighted by molar-refractivity contribution is 0.749. The molecule has 0 saturated heterocycles. The smallest absolute Gasteiger partial charge is 0.0150 e. The van der Waals surface area contributed by atoms with Gasteiger partial charge in [-0.1, -0.05) is 67.6 Å². The molecule has 0 N–H and O–H groups in total. The number of rotatable bonds is 1. The van der Waals surface area contributed by atoms with Crippen LogP contribution in [0.25, 0.3) is 10.8 Å². The summed E-state index contributed by atoms with van der Waals surface area (Å²) in [7, 11) is 0. The molecule has 0 saturated carbocycles. The van der Waals surface area contributed by atoms with Crippen molar-refractivity contribution in [1.82, 2.24) is 0 Å². The van der Waals surface area contributed by atoms with E-state index in [1.807, 2.05) is 6.08 Å². The van der Waals surface area contributed by atoms with Crippen molar-refractivity contribution in [2.75, 3.05) is 0 Å². The monoisotopic (exact) mass is 248 g/mol. The zero-order chi connectivity index (χ0) is 13.2. The van der Waals surface area contributed by atoms with Crippen LogP contribution in [0.3, 0.4) is 0 Å². The van der Waals surface area contributed by atoms with Crippen LogP contribution >= 0.6 is 0 Å². The van der Waals surface area contributed by atoms with Crippen molar-refractivity contribution in [2.45, 2.75) is 32.1 Å². The van der Waals surface area contributed by atoms with Gasteiger partial charge in [0.05, 0.1) is 0 Å². The third-order valence-electron chi connectivity index (χ3n) is 4.18. The molecule has 1 unspecified atom stereocenters. The van der Waals surface area contributed by atoms with Gasteiger partial charge in [-0.25, -0.2) is 0 Å². The molecule has 0 bridgehead atoms. The Hall–Kier alpha value is -1.82. The van der Waals surface area contributed by atoms with E-state index in [9.17, 15) is 0 Å². The van der Waals surface area contributed by atoms with Crippen LogP contribution in [0.15, 0.2) is 60.7 Å². The number of hydrogen-bond acceptors (Lipinski definition) is 0. The predicted octanol–water partition coefficient (Wildman–Crippen LogP) is 5.39. The summed E-state index contributed by atoms with van der Waals surface area (Å²) in [5.41, 5.74) is 4.59. The maximum atomic E-state index is 3.83. The van der Waals surface area contributed by atoms with E-state index in [1.54, 1.807) is 0 Å². The van der Waals surface area contributed by atoms with Crippen LogP contribution in [0.5, 0.6) is 0 Å². The molecule has 2 aromatic carbocycles. The second kappa shape index (κ2) is 5.05. The molecular weight excluding hydrogens is 228 g/mol. The van der Waals surface area contributed by atoms with Gasteiger partial charge in [-0.15, -0.1) is 0 Å². The molecular formula is C19H20. The Balaban J connectivity index is 2.10. The molecule has 0 radical (unpaired) electrons. The molecule has 2 aromatic rings. The highest BCUT2D eigenvalue weighted by Gasteiger charge is 2.17. The molecule has 0 amide bonds. The summed E-state index contributed by atoms with van der Waals surface area (Å²) in [6.07, 6.45) is 7.61. The Morgan fingerprint density at radius 1 is 1.11 bits per heavy atom. The van der Waals surface area contributed by atoms with Crippen molar-refractivity contribution in [2.24, 2.45) is 0 Å². The Morgan fingerprint density at radius 3 is 2.58 bits per heavy atom. The summed E-state index contributed by atoms with van der Waals surface area (Å²) in [6.45, 7) is 6.17. The standard InChI is InChI=1S/C19H20/c1-3-6-15-9-10-18-12-16-7-4-5-8-17(16)13-19(18)14(2)11-15/h3-8,12-14H,1,9-11H2,2H3/b15-6-. The third kappa shape index (κ3) is 2.35. The fourth-order valence-electron chi connectivity index (χ4n) is 3.20. The minimum Gasteiger partial charge on any atom is -0.0991 e. The molecule has 1 atom stereocenters. The Kier molecular flexibility index (Phi) is 3.25. The second-order valence-electron chi connectivity index (χ2n) is 5.56. The first-order valence-electron chi connectivity index (χ1n) is 7.10. The van der Waals surface area contributed by atoms with Gasteiger partial charge in [-0.05, 0) is 47.1 Å². The Bertz CT molecular complexity index is 646. The average Bonchev–Trinajstić information content (AvgIpc) is 2.57. The van der Waals surface area contributed by atoms with Gasteiger partial charge < -0.3 is 0 Å². The van der Waals surface area contributed by atoms with Crippen LogP contribution in [0.1, 0.15) is 36.8 Å². The normalized spacial score (nSPS) is 21.1. The maximum absolute atomic E-state index is 3.83. The molecule has 0 aromatic heterocycles. The van der Waals surface area contributed by atoms with Crippen molar-refractivity contribution in [1.29, 1.82) is 0 Å². The number of hydrogen-bond donors (Lipinski definition) is 0. The summed E-state index contributed by atoms with van der Waals surface area (Å²) >= 11 is 0. The minimum atomic E-state index is 0.605. The summed E-state index contributed by atoms with van der Waals surface area (Å²) in [5, 5.41) is 2.73. The van der Waals surface area contributed by atoms with E-state index >= 15 is 0 Å². The molecule has 1 aliphatic carbocycles. The van der Waals surface area contributed by atoms with Gasteiger partial charge in [0.15, 0.2) is 0 Å². The predicted molar refractivity (Wildman–Crippen MR) is 83.6 cm³/mol. The van der Waals surface area contributed by atoms with E-state index in [0.717, 1.165) is 12.8 Å². The van der Waals surface area contributed by atoms with Gasteiger partial charge in [0, 0.05) is 0 Å². The zero-order valence-corrected chi connectivity index (χ0v) is 11.5. The molecule has 0 heterocycles. The van der Waals surface area contributed by atoms with Crippen molar-refractivity contribution in [3.05, 3.63) is 71.8 Å². The highest BCUT2D eigenvalue weighted by atomic mass is 14.2. The molecule has 3 rings (SSSR count). The minimum absolute atomic E-state index is 0.605. The van der Waals surface area contributed by atoms with Gasteiger partial charge in [0.25, 0.3) is 0 Å². The molecule has 0 aliphatic heterocycles. The fourth-order valence-corrected chi connectivity index (χ4v) is 3.20. The van der Waals surface area contributed by atoms with E-state index in [2.05, 4.69) is 56.0 Å². The van der Waals surface area contributed by atoms with Crippen LogP contribution in [-0.4, -0.2) is 0 Å². The lowest BCUT2D eigenvalue weighted by atomic mass is 9.91. The number of benzene rings is 2. The van der Waals surface area contributed by atoms with Gasteiger partial charge >= 0.3 is 0 Å². The van der Waals surface area contributed by atoms with Crippen LogP contribution < -0.4 is 0 Å². The van der Waals surface area contributed by atoms with Crippen molar-refractivity contribution < 1.29 is 0 Å². The Morgan fingerprint density at radius 2 is 1.84 bits per heavy atom. The van der Waals surface area contributed by atoms with Gasteiger partial charge in [0.2, 0.25) is 0 Å². The largest absolute Gasteiger partial charge is 0.0991 e. The lowest BCUT2D eigenvalue weighted by Gasteiger charge is -2.14. The summed E-state index contributed by atoms with van der Waals surface area (Å²) in [5.74, 6) is 0.605. The van der Waals surface area contributed by atoms with Crippen molar-refractivity contribution in [3.8, 4) is 0 Å². The van der Waals surface area contributed by atoms with E-state index < -0.39 is 0 Å². The first kappa shape index (κ1) is 12.2. The summed E-state index contributed by atoms with van der Waals surface area (Å²) in [6, 6.07) is 13.5. The van der Waals surface area contributed by atoms with E-state index in [-0.39, 0.29) is 0 Å². The molecule has 0 spiro atoms. The quantitative estimate of drug-likeness (QED) is 0.593. The van der Waals surface area contributed by atoms with Crippen LogP contribution in [0.4, 0.5) is 0 Å². The maximum Gasteiger partial charge on any atom is -0.0150 e. The second-order valence-corrected chi connectivity index (χ2v) is 5.56. The Labute approximate surface area is 115 Å². The van der Waals surface area contributed by atoms with Gasteiger partial charge in [-0.3, -0.25) is 0 Å². The highest BCUT2D eigenvalue weighted by Crippen LogP contribution is 2.35. The molecule has 19 heavy (non-hydrogen) atoms. The number of fused-ring (bicyclic) bond motifs is 2. The van der Waals surface area contributed by atoms with E-state index in [1.165, 1.54) is 33.9 Å². The molecule has 0 nitrogen and oxygen atoms in total. The van der Waals surface area contributed by atoms with E-state index in [0.29, 0.717) is 5.92 Å². The number of aryl methyl sites for hydroxylation is 1. The fraction of sp³-hybridized carbons (Fsp3) is 0.263. The van der Waals surface area contributed by atoms with Crippen LogP contribution in [0, 0.1) is 0 Å². The summed E-state index contributed by atoms with van der Waals surface area (Å²) in [4.78, 5) is 0.